The Morgan fingerprint density at radius 3 is 2.14 bits per heavy atom. The first kappa shape index (κ1) is 11.2. The Hall–Kier alpha value is -0.890. The van der Waals surface area contributed by atoms with E-state index in [9.17, 15) is 4.39 Å². The molecule has 1 aromatic rings. The summed E-state index contributed by atoms with van der Waals surface area (Å²) in [6.07, 6.45) is -0.509. The first-order chi connectivity index (χ1) is 6.56. The van der Waals surface area contributed by atoms with Gasteiger partial charge in [0.25, 0.3) is 0 Å². The van der Waals surface area contributed by atoms with Crippen molar-refractivity contribution < 1.29 is 4.39 Å². The molecule has 0 radical (unpaired) electrons. The molecule has 2 heteroatoms. The Labute approximate surface area is 85.1 Å². The Morgan fingerprint density at radius 2 is 1.71 bits per heavy atom. The predicted molar refractivity (Wildman–Crippen MR) is 58.2 cm³/mol. The third-order valence-corrected chi connectivity index (χ3v) is 2.47. The lowest BCUT2D eigenvalue weighted by Gasteiger charge is -2.14. The van der Waals surface area contributed by atoms with Crippen LogP contribution >= 0.6 is 0 Å². The Morgan fingerprint density at radius 1 is 1.21 bits per heavy atom. The third-order valence-electron chi connectivity index (χ3n) is 2.47. The van der Waals surface area contributed by atoms with Crippen LogP contribution in [0.15, 0.2) is 12.1 Å². The largest absolute Gasteiger partial charge is 0.330 e. The summed E-state index contributed by atoms with van der Waals surface area (Å²) in [4.78, 5) is 0. The van der Waals surface area contributed by atoms with Crippen molar-refractivity contribution in [2.75, 3.05) is 6.54 Å². The zero-order valence-corrected chi connectivity index (χ0v) is 9.10. The number of hydrogen-bond donors (Lipinski definition) is 1. The smallest absolute Gasteiger partial charge is 0.127 e. The Balaban J connectivity index is 3.07. The van der Waals surface area contributed by atoms with Gasteiger partial charge >= 0.3 is 0 Å². The van der Waals surface area contributed by atoms with Gasteiger partial charge in [0.05, 0.1) is 0 Å². The van der Waals surface area contributed by atoms with Gasteiger partial charge in [-0.25, -0.2) is 4.39 Å². The molecule has 1 atom stereocenters. The van der Waals surface area contributed by atoms with E-state index in [2.05, 4.69) is 0 Å². The van der Waals surface area contributed by atoms with E-state index in [-0.39, 0.29) is 0 Å². The van der Waals surface area contributed by atoms with Crippen LogP contribution in [0.5, 0.6) is 0 Å². The van der Waals surface area contributed by atoms with Crippen molar-refractivity contribution in [3.05, 3.63) is 34.4 Å². The molecule has 0 aliphatic carbocycles. The summed E-state index contributed by atoms with van der Waals surface area (Å²) in [6, 6.07) is 4.04. The fraction of sp³-hybridized carbons (Fsp3) is 0.500. The van der Waals surface area contributed by atoms with Crippen LogP contribution in [0.3, 0.4) is 0 Å². The molecule has 1 unspecified atom stereocenters. The van der Waals surface area contributed by atoms with Crippen LogP contribution in [0.4, 0.5) is 4.39 Å². The van der Waals surface area contributed by atoms with Crippen molar-refractivity contribution >= 4 is 0 Å². The molecule has 78 valence electrons. The normalized spacial score (nSPS) is 12.9. The fourth-order valence-corrected chi connectivity index (χ4v) is 1.98. The van der Waals surface area contributed by atoms with Crippen LogP contribution in [0.25, 0.3) is 0 Å². The summed E-state index contributed by atoms with van der Waals surface area (Å²) in [5.74, 6) is 0. The molecular weight excluding hydrogens is 177 g/mol. The van der Waals surface area contributed by atoms with E-state index < -0.39 is 6.17 Å². The minimum atomic E-state index is -0.916. The van der Waals surface area contributed by atoms with E-state index in [4.69, 9.17) is 5.73 Å². The van der Waals surface area contributed by atoms with Gasteiger partial charge in [-0.15, -0.1) is 0 Å². The summed E-state index contributed by atoms with van der Waals surface area (Å²) in [6.45, 7) is 6.34. The van der Waals surface area contributed by atoms with E-state index in [1.165, 1.54) is 5.56 Å². The highest BCUT2D eigenvalue weighted by Gasteiger charge is 2.14. The average Bonchev–Trinajstić information content (AvgIpc) is 2.01. The van der Waals surface area contributed by atoms with Crippen molar-refractivity contribution in [1.82, 2.24) is 0 Å². The third kappa shape index (κ3) is 2.32. The molecule has 0 aromatic heterocycles. The van der Waals surface area contributed by atoms with Gasteiger partial charge in [-0.1, -0.05) is 17.7 Å². The SMILES string of the molecule is Cc1cc(C)c(C(F)CCN)c(C)c1. The summed E-state index contributed by atoms with van der Waals surface area (Å²) in [5, 5.41) is 0. The molecule has 0 fully saturated rings. The molecule has 0 amide bonds. The summed E-state index contributed by atoms with van der Waals surface area (Å²) in [5.41, 5.74) is 9.42. The first-order valence-corrected chi connectivity index (χ1v) is 4.98. The maximum absolute atomic E-state index is 13.7. The zero-order chi connectivity index (χ0) is 10.7. The topological polar surface area (TPSA) is 26.0 Å². The monoisotopic (exact) mass is 195 g/mol. The maximum atomic E-state index is 13.7. The van der Waals surface area contributed by atoms with Crippen LogP contribution in [0.2, 0.25) is 0 Å². The standard InChI is InChI=1S/C12H18FN/c1-8-6-9(2)12(10(3)7-8)11(13)4-5-14/h6-7,11H,4-5,14H2,1-3H3. The van der Waals surface area contributed by atoms with Crippen LogP contribution < -0.4 is 5.73 Å². The summed E-state index contributed by atoms with van der Waals surface area (Å²) < 4.78 is 13.7. The quantitative estimate of drug-likeness (QED) is 0.788. The molecule has 0 spiro atoms. The van der Waals surface area contributed by atoms with Gasteiger partial charge in [0, 0.05) is 0 Å². The molecule has 14 heavy (non-hydrogen) atoms. The number of aryl methyl sites for hydroxylation is 3. The van der Waals surface area contributed by atoms with Crippen LogP contribution in [0.1, 0.15) is 34.8 Å². The zero-order valence-electron chi connectivity index (χ0n) is 9.10. The highest BCUT2D eigenvalue weighted by molar-refractivity contribution is 5.38. The summed E-state index contributed by atoms with van der Waals surface area (Å²) in [7, 11) is 0. The molecule has 0 saturated carbocycles. The average molecular weight is 195 g/mol. The van der Waals surface area contributed by atoms with Gasteiger partial charge in [0.15, 0.2) is 0 Å². The molecule has 1 rings (SSSR count). The first-order valence-electron chi connectivity index (χ1n) is 4.98. The molecule has 1 nitrogen and oxygen atoms in total. The van der Waals surface area contributed by atoms with Gasteiger partial charge in [-0.05, 0) is 50.4 Å². The maximum Gasteiger partial charge on any atom is 0.127 e. The second-order valence-electron chi connectivity index (χ2n) is 3.86. The number of benzene rings is 1. The number of alkyl halides is 1. The predicted octanol–water partition coefficient (Wildman–Crippen LogP) is 2.97. The van der Waals surface area contributed by atoms with Crippen LogP contribution in [0, 0.1) is 20.8 Å². The van der Waals surface area contributed by atoms with E-state index in [1.807, 2.05) is 32.9 Å². The highest BCUT2D eigenvalue weighted by atomic mass is 19.1. The minimum absolute atomic E-state index is 0.397. The lowest BCUT2D eigenvalue weighted by Crippen LogP contribution is -2.06. The molecular formula is C12H18FN. The van der Waals surface area contributed by atoms with E-state index in [1.54, 1.807) is 0 Å². The molecule has 0 aliphatic rings. The van der Waals surface area contributed by atoms with Crippen molar-refractivity contribution in [2.45, 2.75) is 33.4 Å². The van der Waals surface area contributed by atoms with Gasteiger partial charge in [0.1, 0.15) is 6.17 Å². The molecule has 2 N–H and O–H groups in total. The molecule has 0 aliphatic heterocycles. The van der Waals surface area contributed by atoms with Crippen molar-refractivity contribution in [1.29, 1.82) is 0 Å². The van der Waals surface area contributed by atoms with Crippen molar-refractivity contribution in [3.63, 3.8) is 0 Å². The lowest BCUT2D eigenvalue weighted by molar-refractivity contribution is 0.325. The lowest BCUT2D eigenvalue weighted by atomic mass is 9.95. The van der Waals surface area contributed by atoms with Gasteiger partial charge in [-0.3, -0.25) is 0 Å². The summed E-state index contributed by atoms with van der Waals surface area (Å²) >= 11 is 0. The van der Waals surface area contributed by atoms with Crippen LogP contribution in [-0.4, -0.2) is 6.54 Å². The Bertz CT molecular complexity index is 297. The molecule has 0 heterocycles. The van der Waals surface area contributed by atoms with Gasteiger partial charge in [-0.2, -0.15) is 0 Å². The number of halogens is 1. The molecule has 0 saturated heterocycles. The molecule has 0 bridgehead atoms. The van der Waals surface area contributed by atoms with Gasteiger partial charge in [0.2, 0.25) is 0 Å². The number of nitrogens with two attached hydrogens (primary N) is 1. The minimum Gasteiger partial charge on any atom is -0.330 e. The highest BCUT2D eigenvalue weighted by Crippen LogP contribution is 2.28. The van der Waals surface area contributed by atoms with E-state index in [0.29, 0.717) is 13.0 Å². The van der Waals surface area contributed by atoms with Crippen molar-refractivity contribution in [3.8, 4) is 0 Å². The van der Waals surface area contributed by atoms with E-state index >= 15 is 0 Å². The van der Waals surface area contributed by atoms with Crippen molar-refractivity contribution in [2.24, 2.45) is 5.73 Å². The second-order valence-corrected chi connectivity index (χ2v) is 3.86. The number of hydrogen-bond acceptors (Lipinski definition) is 1. The fourth-order valence-electron chi connectivity index (χ4n) is 1.98. The molecule has 1 aromatic carbocycles. The van der Waals surface area contributed by atoms with E-state index in [0.717, 1.165) is 16.7 Å². The Kier molecular flexibility index (Phi) is 3.64. The van der Waals surface area contributed by atoms with Crippen LogP contribution in [-0.2, 0) is 0 Å². The second kappa shape index (κ2) is 4.56. The number of rotatable bonds is 3. The van der Waals surface area contributed by atoms with Gasteiger partial charge < -0.3 is 5.73 Å².